The summed E-state index contributed by atoms with van der Waals surface area (Å²) >= 11 is 0. The molecule has 242 valence electrons. The van der Waals surface area contributed by atoms with Gasteiger partial charge in [0.05, 0.1) is 16.8 Å². The molecule has 1 aliphatic carbocycles. The van der Waals surface area contributed by atoms with Crippen molar-refractivity contribution in [3.05, 3.63) is 80.9 Å². The van der Waals surface area contributed by atoms with Crippen LogP contribution in [-0.4, -0.2) is 37.8 Å². The quantitative estimate of drug-likeness (QED) is 0.299. The number of aromatic nitrogens is 4. The van der Waals surface area contributed by atoms with Crippen LogP contribution in [0.1, 0.15) is 44.3 Å². The second-order valence-electron chi connectivity index (χ2n) is 10.7. The Labute approximate surface area is 249 Å². The van der Waals surface area contributed by atoms with Gasteiger partial charge in [-0.1, -0.05) is 24.2 Å². The smallest absolute Gasteiger partial charge is 0.402 e. The molecule has 2 heterocycles. The maximum atomic E-state index is 14.8. The van der Waals surface area contributed by atoms with Gasteiger partial charge in [-0.25, -0.2) is 13.8 Å². The molecule has 45 heavy (non-hydrogen) atoms. The SMILES string of the molecule is CC(C)Nc1ncc(C2(C)C=C(C(F)(F)F)C=C(N)C2)n(CC(=O)NCc2ccc(-c3noc(C(F)(F)F)n3)c(F)c2F)c1=O. The number of benzene rings is 1. The Balaban J connectivity index is 1.62. The monoisotopic (exact) mass is 647 g/mol. The molecule has 1 atom stereocenters. The van der Waals surface area contributed by atoms with Gasteiger partial charge >= 0.3 is 18.2 Å². The molecule has 0 radical (unpaired) electrons. The molecule has 18 heteroatoms. The summed E-state index contributed by atoms with van der Waals surface area (Å²) in [5.41, 5.74) is 1.03. The predicted octanol–water partition coefficient (Wildman–Crippen LogP) is 4.72. The summed E-state index contributed by atoms with van der Waals surface area (Å²) in [4.78, 5) is 33.4. The number of halogens is 8. The van der Waals surface area contributed by atoms with E-state index in [9.17, 15) is 44.7 Å². The number of carbonyl (C=O) groups is 1. The number of nitrogens with one attached hydrogen (secondary N) is 2. The summed E-state index contributed by atoms with van der Waals surface area (Å²) in [5.74, 6) is -6.88. The lowest BCUT2D eigenvalue weighted by Gasteiger charge is -2.33. The van der Waals surface area contributed by atoms with Gasteiger partial charge in [0.1, 0.15) is 6.54 Å². The maximum Gasteiger partial charge on any atom is 0.471 e. The van der Waals surface area contributed by atoms with Crippen molar-refractivity contribution in [2.75, 3.05) is 5.32 Å². The van der Waals surface area contributed by atoms with E-state index in [-0.39, 0.29) is 29.7 Å². The molecule has 4 rings (SSSR count). The third-order valence-electron chi connectivity index (χ3n) is 6.63. The zero-order valence-corrected chi connectivity index (χ0v) is 23.7. The van der Waals surface area contributed by atoms with Crippen molar-refractivity contribution in [1.82, 2.24) is 25.0 Å². The number of hydrogen-bond donors (Lipinski definition) is 3. The Morgan fingerprint density at radius 3 is 2.42 bits per heavy atom. The second-order valence-corrected chi connectivity index (χ2v) is 10.7. The fraction of sp³-hybridized carbons (Fsp3) is 0.370. The first kappa shape index (κ1) is 33.1. The average Bonchev–Trinajstić information content (AvgIpc) is 3.41. The van der Waals surface area contributed by atoms with Gasteiger partial charge < -0.3 is 20.9 Å². The number of amides is 1. The summed E-state index contributed by atoms with van der Waals surface area (Å²) in [7, 11) is 0. The van der Waals surface area contributed by atoms with Crippen molar-refractivity contribution in [3.8, 4) is 11.4 Å². The fourth-order valence-corrected chi connectivity index (χ4v) is 4.65. The van der Waals surface area contributed by atoms with E-state index >= 15 is 0 Å². The van der Waals surface area contributed by atoms with E-state index in [0.29, 0.717) is 0 Å². The van der Waals surface area contributed by atoms with Crippen LogP contribution in [0, 0.1) is 11.6 Å². The summed E-state index contributed by atoms with van der Waals surface area (Å²) in [6.45, 7) is 3.39. The summed E-state index contributed by atoms with van der Waals surface area (Å²) in [6, 6.07) is 1.56. The molecule has 1 aliphatic rings. The Kier molecular flexibility index (Phi) is 8.81. The Morgan fingerprint density at radius 2 is 1.82 bits per heavy atom. The van der Waals surface area contributed by atoms with Crippen molar-refractivity contribution >= 4 is 11.7 Å². The number of allylic oxidation sites excluding steroid dienone is 4. The molecule has 0 aliphatic heterocycles. The normalized spacial score (nSPS) is 17.2. The number of alkyl halides is 6. The van der Waals surface area contributed by atoms with Crippen LogP contribution in [0.15, 0.2) is 51.1 Å². The van der Waals surface area contributed by atoms with Crippen LogP contribution in [0.25, 0.3) is 11.4 Å². The van der Waals surface area contributed by atoms with Crippen LogP contribution >= 0.6 is 0 Å². The van der Waals surface area contributed by atoms with E-state index in [1.165, 1.54) is 6.92 Å². The minimum absolute atomic E-state index is 0.0744. The summed E-state index contributed by atoms with van der Waals surface area (Å²) < 4.78 is 114. The largest absolute Gasteiger partial charge is 0.471 e. The predicted molar refractivity (Wildman–Crippen MR) is 142 cm³/mol. The van der Waals surface area contributed by atoms with Crippen molar-refractivity contribution in [2.45, 2.75) is 64.1 Å². The highest BCUT2D eigenvalue weighted by atomic mass is 19.4. The van der Waals surface area contributed by atoms with Crippen molar-refractivity contribution in [2.24, 2.45) is 5.73 Å². The molecular formula is C27H25F8N7O3. The lowest BCUT2D eigenvalue weighted by atomic mass is 9.77. The van der Waals surface area contributed by atoms with Crippen molar-refractivity contribution < 1.29 is 44.4 Å². The molecule has 4 N–H and O–H groups in total. The Morgan fingerprint density at radius 1 is 1.13 bits per heavy atom. The molecule has 1 amide bonds. The van der Waals surface area contributed by atoms with Crippen LogP contribution in [0.3, 0.4) is 0 Å². The Bertz CT molecular complexity index is 1740. The van der Waals surface area contributed by atoms with Crippen LogP contribution in [-0.2, 0) is 29.5 Å². The van der Waals surface area contributed by atoms with Crippen LogP contribution in [0.5, 0.6) is 0 Å². The van der Waals surface area contributed by atoms with Gasteiger partial charge in [0.15, 0.2) is 17.5 Å². The number of hydrogen-bond acceptors (Lipinski definition) is 8. The van der Waals surface area contributed by atoms with Gasteiger partial charge in [-0.2, -0.15) is 31.3 Å². The van der Waals surface area contributed by atoms with Crippen LogP contribution < -0.4 is 21.9 Å². The molecule has 3 aromatic rings. The standard InChI is InChI=1S/C27H25F8N7O3/c1-12(2)39-22-23(44)42(17(10-38-22)25(3)7-14(26(30,31)32)6-15(36)8-25)11-18(43)37-9-13-4-5-16(20(29)19(13)28)21-40-24(45-41-21)27(33,34)35/h4-7,10,12H,8-9,11,36H2,1-3H3,(H,37,43)(H,38,39). The van der Waals surface area contributed by atoms with Crippen molar-refractivity contribution in [1.29, 1.82) is 0 Å². The molecule has 0 bridgehead atoms. The highest BCUT2D eigenvalue weighted by Gasteiger charge is 2.41. The third kappa shape index (κ3) is 7.15. The maximum absolute atomic E-state index is 14.8. The van der Waals surface area contributed by atoms with E-state index in [2.05, 4.69) is 30.3 Å². The highest BCUT2D eigenvalue weighted by molar-refractivity contribution is 5.76. The number of nitrogens with zero attached hydrogens (tertiary/aromatic N) is 4. The second kappa shape index (κ2) is 12.0. The van der Waals surface area contributed by atoms with Crippen LogP contribution in [0.2, 0.25) is 0 Å². The molecule has 0 saturated heterocycles. The first-order chi connectivity index (χ1) is 20.8. The van der Waals surface area contributed by atoms with Gasteiger partial charge in [-0.3, -0.25) is 14.2 Å². The fourth-order valence-electron chi connectivity index (χ4n) is 4.65. The Hall–Kier alpha value is -4.77. The van der Waals surface area contributed by atoms with E-state index < -0.39 is 82.4 Å². The van der Waals surface area contributed by atoms with E-state index in [0.717, 1.165) is 35.0 Å². The van der Waals surface area contributed by atoms with Crippen LogP contribution in [0.4, 0.5) is 40.9 Å². The minimum atomic E-state index is -5.01. The zero-order valence-electron chi connectivity index (χ0n) is 23.7. The van der Waals surface area contributed by atoms with Gasteiger partial charge in [0.25, 0.3) is 5.56 Å². The lowest BCUT2D eigenvalue weighted by molar-refractivity contribution is -0.159. The highest BCUT2D eigenvalue weighted by Crippen LogP contribution is 2.40. The molecular weight excluding hydrogens is 622 g/mol. The third-order valence-corrected chi connectivity index (χ3v) is 6.63. The summed E-state index contributed by atoms with van der Waals surface area (Å²) in [5, 5.41) is 8.10. The zero-order chi connectivity index (χ0) is 33.5. The summed E-state index contributed by atoms with van der Waals surface area (Å²) in [6.07, 6.45) is -7.12. The van der Waals surface area contributed by atoms with Gasteiger partial charge in [-0.05, 0) is 26.0 Å². The lowest BCUT2D eigenvalue weighted by Crippen LogP contribution is -2.40. The molecule has 10 nitrogen and oxygen atoms in total. The molecule has 1 aromatic carbocycles. The first-order valence-corrected chi connectivity index (χ1v) is 13.1. The molecule has 0 spiro atoms. The molecule has 0 fully saturated rings. The number of nitrogens with two attached hydrogens (primary N) is 1. The van der Waals surface area contributed by atoms with E-state index in [4.69, 9.17) is 5.73 Å². The van der Waals surface area contributed by atoms with E-state index in [1.54, 1.807) is 13.8 Å². The number of anilines is 1. The minimum Gasteiger partial charge on any atom is -0.402 e. The molecule has 0 saturated carbocycles. The van der Waals surface area contributed by atoms with E-state index in [1.807, 2.05) is 0 Å². The number of carbonyl (C=O) groups excluding carboxylic acids is 1. The van der Waals surface area contributed by atoms with Gasteiger partial charge in [0.2, 0.25) is 11.7 Å². The molecule has 2 aromatic heterocycles. The van der Waals surface area contributed by atoms with Gasteiger partial charge in [-0.15, -0.1) is 0 Å². The topological polar surface area (TPSA) is 141 Å². The molecule has 1 unspecified atom stereocenters. The van der Waals surface area contributed by atoms with Gasteiger partial charge in [0, 0.05) is 41.9 Å². The first-order valence-electron chi connectivity index (χ1n) is 13.1. The average molecular weight is 648 g/mol. The number of rotatable bonds is 8. The van der Waals surface area contributed by atoms with Crippen molar-refractivity contribution in [3.63, 3.8) is 0 Å².